The second kappa shape index (κ2) is 8.17. The Balaban J connectivity index is 1.87. The standard InChI is InChI=1S/C22H26N2O2/c1-3-5-14-23(19-9-7-6-8-10-19)22(26)18-11-12-20-17(16-18)13-15-24(20)21(25)4-2/h6-12,16H,3-5,13-15H2,1-2H3. The highest BCUT2D eigenvalue weighted by molar-refractivity contribution is 6.07. The molecule has 4 nitrogen and oxygen atoms in total. The van der Waals surface area contributed by atoms with Crippen LogP contribution in [-0.2, 0) is 11.2 Å². The van der Waals surface area contributed by atoms with E-state index in [9.17, 15) is 9.59 Å². The molecule has 2 aromatic carbocycles. The fourth-order valence-electron chi connectivity index (χ4n) is 3.41. The molecule has 2 aromatic rings. The van der Waals surface area contributed by atoms with Gasteiger partial charge in [-0.3, -0.25) is 9.59 Å². The summed E-state index contributed by atoms with van der Waals surface area (Å²) in [5.41, 5.74) is 3.65. The zero-order chi connectivity index (χ0) is 18.5. The molecule has 0 saturated heterocycles. The van der Waals surface area contributed by atoms with Gasteiger partial charge in [0.25, 0.3) is 5.91 Å². The molecule has 4 heteroatoms. The van der Waals surface area contributed by atoms with E-state index in [2.05, 4.69) is 6.92 Å². The van der Waals surface area contributed by atoms with Crippen molar-refractivity contribution in [2.75, 3.05) is 22.9 Å². The summed E-state index contributed by atoms with van der Waals surface area (Å²) in [5, 5.41) is 0. The Labute approximate surface area is 155 Å². The van der Waals surface area contributed by atoms with E-state index >= 15 is 0 Å². The molecule has 26 heavy (non-hydrogen) atoms. The van der Waals surface area contributed by atoms with E-state index in [1.807, 2.05) is 65.3 Å². The van der Waals surface area contributed by atoms with Crippen molar-refractivity contribution in [3.05, 3.63) is 59.7 Å². The van der Waals surface area contributed by atoms with Crippen LogP contribution in [0.3, 0.4) is 0 Å². The van der Waals surface area contributed by atoms with Gasteiger partial charge in [-0.2, -0.15) is 0 Å². The van der Waals surface area contributed by atoms with E-state index in [1.54, 1.807) is 0 Å². The van der Waals surface area contributed by atoms with E-state index in [0.717, 1.165) is 36.2 Å². The fraction of sp³-hybridized carbons (Fsp3) is 0.364. The van der Waals surface area contributed by atoms with E-state index in [0.29, 0.717) is 25.1 Å². The van der Waals surface area contributed by atoms with Gasteiger partial charge in [-0.25, -0.2) is 0 Å². The Morgan fingerprint density at radius 2 is 1.85 bits per heavy atom. The molecule has 0 radical (unpaired) electrons. The summed E-state index contributed by atoms with van der Waals surface area (Å²) in [4.78, 5) is 28.9. The van der Waals surface area contributed by atoms with Crippen LogP contribution in [0.2, 0.25) is 0 Å². The van der Waals surface area contributed by atoms with Crippen molar-refractivity contribution in [2.45, 2.75) is 39.5 Å². The second-order valence-electron chi connectivity index (χ2n) is 6.64. The Morgan fingerprint density at radius 1 is 1.08 bits per heavy atom. The first-order valence-electron chi connectivity index (χ1n) is 9.46. The lowest BCUT2D eigenvalue weighted by Gasteiger charge is -2.23. The van der Waals surface area contributed by atoms with Crippen LogP contribution in [0, 0.1) is 0 Å². The highest BCUT2D eigenvalue weighted by Crippen LogP contribution is 2.30. The molecule has 0 aromatic heterocycles. The molecule has 0 bridgehead atoms. The molecule has 1 aliphatic rings. The van der Waals surface area contributed by atoms with Gasteiger partial charge < -0.3 is 9.80 Å². The first-order valence-corrected chi connectivity index (χ1v) is 9.46. The minimum absolute atomic E-state index is 0.0210. The maximum atomic E-state index is 13.2. The van der Waals surface area contributed by atoms with Gasteiger partial charge >= 0.3 is 0 Å². The number of fused-ring (bicyclic) bond motifs is 1. The molecule has 0 atom stereocenters. The first-order chi connectivity index (χ1) is 12.7. The van der Waals surface area contributed by atoms with E-state index in [-0.39, 0.29) is 11.8 Å². The first kappa shape index (κ1) is 18.2. The minimum atomic E-state index is 0.0210. The minimum Gasteiger partial charge on any atom is -0.312 e. The molecule has 3 rings (SSSR count). The molecule has 0 fully saturated rings. The zero-order valence-electron chi connectivity index (χ0n) is 15.6. The van der Waals surface area contributed by atoms with Gasteiger partial charge in [0.15, 0.2) is 0 Å². The smallest absolute Gasteiger partial charge is 0.258 e. The number of benzene rings is 2. The van der Waals surface area contributed by atoms with E-state index < -0.39 is 0 Å². The van der Waals surface area contributed by atoms with Crippen molar-refractivity contribution in [3.8, 4) is 0 Å². The predicted molar refractivity (Wildman–Crippen MR) is 106 cm³/mol. The fourth-order valence-corrected chi connectivity index (χ4v) is 3.41. The van der Waals surface area contributed by atoms with Crippen LogP contribution in [0.25, 0.3) is 0 Å². The van der Waals surface area contributed by atoms with Crippen LogP contribution in [0.1, 0.15) is 49.0 Å². The van der Waals surface area contributed by atoms with Crippen LogP contribution in [0.4, 0.5) is 11.4 Å². The quantitative estimate of drug-likeness (QED) is 0.773. The van der Waals surface area contributed by atoms with Gasteiger partial charge in [0.2, 0.25) is 5.91 Å². The number of hydrogen-bond acceptors (Lipinski definition) is 2. The van der Waals surface area contributed by atoms with E-state index in [4.69, 9.17) is 0 Å². The molecule has 0 saturated carbocycles. The summed E-state index contributed by atoms with van der Waals surface area (Å²) < 4.78 is 0. The van der Waals surface area contributed by atoms with Gasteiger partial charge in [-0.05, 0) is 48.7 Å². The molecule has 1 heterocycles. The lowest BCUT2D eigenvalue weighted by molar-refractivity contribution is -0.118. The third-order valence-electron chi connectivity index (χ3n) is 4.87. The Morgan fingerprint density at radius 3 is 2.54 bits per heavy atom. The van der Waals surface area contributed by atoms with Crippen molar-refractivity contribution in [3.63, 3.8) is 0 Å². The van der Waals surface area contributed by atoms with E-state index in [1.165, 1.54) is 0 Å². The zero-order valence-corrected chi connectivity index (χ0v) is 15.6. The monoisotopic (exact) mass is 350 g/mol. The second-order valence-corrected chi connectivity index (χ2v) is 6.64. The maximum absolute atomic E-state index is 13.2. The summed E-state index contributed by atoms with van der Waals surface area (Å²) in [6.07, 6.45) is 3.31. The molecule has 0 spiro atoms. The number of hydrogen-bond donors (Lipinski definition) is 0. The summed E-state index contributed by atoms with van der Waals surface area (Å²) in [7, 11) is 0. The lowest BCUT2D eigenvalue weighted by atomic mass is 10.1. The third kappa shape index (κ3) is 3.64. The van der Waals surface area contributed by atoms with Crippen LogP contribution >= 0.6 is 0 Å². The normalized spacial score (nSPS) is 12.8. The van der Waals surface area contributed by atoms with Crippen LogP contribution in [0.5, 0.6) is 0 Å². The number of carbonyl (C=O) groups excluding carboxylic acids is 2. The SMILES string of the molecule is CCCCN(C(=O)c1ccc2c(c1)CCN2C(=O)CC)c1ccccc1. The Bertz CT molecular complexity index is 786. The van der Waals surface area contributed by atoms with Crippen molar-refractivity contribution >= 4 is 23.2 Å². The highest BCUT2D eigenvalue weighted by Gasteiger charge is 2.25. The molecule has 0 N–H and O–H groups in total. The molecular formula is C22H26N2O2. The average Bonchev–Trinajstić information content (AvgIpc) is 3.11. The number of nitrogens with zero attached hydrogens (tertiary/aromatic N) is 2. The van der Waals surface area contributed by atoms with Crippen LogP contribution in [0.15, 0.2) is 48.5 Å². The predicted octanol–water partition coefficient (Wildman–Crippen LogP) is 4.43. The summed E-state index contributed by atoms with van der Waals surface area (Å²) in [6, 6.07) is 15.6. The number of amides is 2. The lowest BCUT2D eigenvalue weighted by Crippen LogP contribution is -2.32. The number of rotatable bonds is 6. The Kier molecular flexibility index (Phi) is 5.71. The number of carbonyl (C=O) groups is 2. The summed E-state index contributed by atoms with van der Waals surface area (Å²) in [6.45, 7) is 5.42. The number of unbranched alkanes of at least 4 members (excludes halogenated alkanes) is 1. The van der Waals surface area contributed by atoms with Gasteiger partial charge in [0.05, 0.1) is 0 Å². The summed E-state index contributed by atoms with van der Waals surface area (Å²) >= 11 is 0. The molecule has 0 unspecified atom stereocenters. The molecule has 1 aliphatic heterocycles. The van der Waals surface area contributed by atoms with Crippen LogP contribution in [-0.4, -0.2) is 24.9 Å². The van der Waals surface area contributed by atoms with Crippen molar-refractivity contribution < 1.29 is 9.59 Å². The number of para-hydroxylation sites is 1. The summed E-state index contributed by atoms with van der Waals surface area (Å²) in [5.74, 6) is 0.157. The largest absolute Gasteiger partial charge is 0.312 e. The molecular weight excluding hydrogens is 324 g/mol. The highest BCUT2D eigenvalue weighted by atomic mass is 16.2. The topological polar surface area (TPSA) is 40.6 Å². The molecule has 2 amide bonds. The van der Waals surface area contributed by atoms with Gasteiger partial charge in [0, 0.05) is 36.4 Å². The Hall–Kier alpha value is -2.62. The van der Waals surface area contributed by atoms with Crippen molar-refractivity contribution in [2.24, 2.45) is 0 Å². The molecule has 136 valence electrons. The van der Waals surface area contributed by atoms with Crippen molar-refractivity contribution in [1.29, 1.82) is 0 Å². The third-order valence-corrected chi connectivity index (χ3v) is 4.87. The van der Waals surface area contributed by atoms with Gasteiger partial charge in [-0.15, -0.1) is 0 Å². The number of anilines is 2. The van der Waals surface area contributed by atoms with Gasteiger partial charge in [-0.1, -0.05) is 38.5 Å². The van der Waals surface area contributed by atoms with Crippen LogP contribution < -0.4 is 9.80 Å². The molecule has 0 aliphatic carbocycles. The maximum Gasteiger partial charge on any atom is 0.258 e. The average molecular weight is 350 g/mol. The van der Waals surface area contributed by atoms with Gasteiger partial charge in [0.1, 0.15) is 0 Å². The van der Waals surface area contributed by atoms with Crippen molar-refractivity contribution in [1.82, 2.24) is 0 Å².